The van der Waals surface area contributed by atoms with Gasteiger partial charge in [0.2, 0.25) is 5.82 Å². The Kier molecular flexibility index (Phi) is 6.54. The third-order valence-corrected chi connectivity index (χ3v) is 5.43. The standard InChI is InChI=1S/C22H20F5N9/c1-11(17-9-35(34-33-17)18-4-3-14(23)5-16(18)24)19-6-15(20(12(2)29)36(19)32-10-28)13-7-30-21(31-8-13)22(25,26)27/h3-12H,29H2,1-2H3,(H2,28,32). The van der Waals surface area contributed by atoms with E-state index in [1.54, 1.807) is 19.9 Å². The first-order chi connectivity index (χ1) is 17.0. The fourth-order valence-electron chi connectivity index (χ4n) is 3.73. The van der Waals surface area contributed by atoms with Crippen LogP contribution in [0.2, 0.25) is 0 Å². The number of hydrogen-bond donors (Lipinski definition) is 2. The van der Waals surface area contributed by atoms with Crippen molar-refractivity contribution in [3.05, 3.63) is 77.4 Å². The van der Waals surface area contributed by atoms with E-state index in [0.29, 0.717) is 22.6 Å². The summed E-state index contributed by atoms with van der Waals surface area (Å²) in [5.74, 6) is -3.33. The molecule has 1 aromatic carbocycles. The largest absolute Gasteiger partial charge is 0.451 e. The van der Waals surface area contributed by atoms with Gasteiger partial charge in [0.05, 0.1) is 23.3 Å². The Balaban J connectivity index is 1.79. The fourth-order valence-corrected chi connectivity index (χ4v) is 3.73. The van der Waals surface area contributed by atoms with Crippen molar-refractivity contribution in [3.8, 4) is 16.8 Å². The third-order valence-electron chi connectivity index (χ3n) is 5.43. The van der Waals surface area contributed by atoms with Crippen molar-refractivity contribution in [1.82, 2.24) is 29.6 Å². The van der Waals surface area contributed by atoms with Gasteiger partial charge in [-0.3, -0.25) is 0 Å². The van der Waals surface area contributed by atoms with Crippen LogP contribution in [-0.2, 0) is 6.18 Å². The minimum absolute atomic E-state index is 0.00317. The van der Waals surface area contributed by atoms with Gasteiger partial charge in [0.1, 0.15) is 17.8 Å². The van der Waals surface area contributed by atoms with Crippen molar-refractivity contribution >= 4 is 6.34 Å². The first-order valence-corrected chi connectivity index (χ1v) is 10.5. The number of halogens is 5. The maximum absolute atomic E-state index is 14.2. The van der Waals surface area contributed by atoms with Gasteiger partial charge in [-0.2, -0.15) is 18.3 Å². The van der Waals surface area contributed by atoms with Crippen LogP contribution in [0.5, 0.6) is 0 Å². The van der Waals surface area contributed by atoms with Gasteiger partial charge in [0.15, 0.2) is 5.82 Å². The summed E-state index contributed by atoms with van der Waals surface area (Å²) in [6, 6.07) is 4.11. The second-order valence-electron chi connectivity index (χ2n) is 7.93. The average Bonchev–Trinajstić information content (AvgIpc) is 3.44. The predicted octanol–water partition coefficient (Wildman–Crippen LogP) is 3.74. The summed E-state index contributed by atoms with van der Waals surface area (Å²) in [7, 11) is 0. The predicted molar refractivity (Wildman–Crippen MR) is 120 cm³/mol. The van der Waals surface area contributed by atoms with Gasteiger partial charge in [0.25, 0.3) is 0 Å². The average molecular weight is 505 g/mol. The van der Waals surface area contributed by atoms with E-state index in [4.69, 9.17) is 11.5 Å². The monoisotopic (exact) mass is 505 g/mol. The van der Waals surface area contributed by atoms with Crippen LogP contribution >= 0.6 is 0 Å². The molecule has 0 aliphatic heterocycles. The zero-order chi connectivity index (χ0) is 26.2. The second-order valence-corrected chi connectivity index (χ2v) is 7.93. The van der Waals surface area contributed by atoms with E-state index in [9.17, 15) is 22.0 Å². The van der Waals surface area contributed by atoms with Crippen LogP contribution in [0.3, 0.4) is 0 Å². The number of aromatic nitrogens is 6. The van der Waals surface area contributed by atoms with E-state index < -0.39 is 35.6 Å². The second kappa shape index (κ2) is 9.45. The molecule has 3 heterocycles. The fraction of sp³-hybridized carbons (Fsp3) is 0.227. The number of nitrogens with zero attached hydrogens (tertiary/aromatic N) is 7. The molecule has 9 nitrogen and oxygen atoms in total. The molecule has 0 aliphatic rings. The quantitative estimate of drug-likeness (QED) is 0.234. The molecule has 4 N–H and O–H groups in total. The third kappa shape index (κ3) is 4.66. The van der Waals surface area contributed by atoms with Crippen molar-refractivity contribution in [2.45, 2.75) is 32.0 Å². The summed E-state index contributed by atoms with van der Waals surface area (Å²) in [6.45, 7) is 3.44. The SMILES string of the molecule is CC(N)c1c(-c2cnc(C(F)(F)F)nc2)cc(C(C)c2cn(-c3ccc(F)cc3F)nn2)n1/N=C\N. The lowest BCUT2D eigenvalue weighted by molar-refractivity contribution is -0.144. The number of hydrogen-bond acceptors (Lipinski definition) is 6. The number of nitrogens with two attached hydrogens (primary N) is 2. The van der Waals surface area contributed by atoms with Gasteiger partial charge in [0, 0.05) is 41.5 Å². The Labute approximate surface area is 201 Å². The Morgan fingerprint density at radius 1 is 1.08 bits per heavy atom. The molecule has 0 aliphatic carbocycles. The maximum Gasteiger partial charge on any atom is 0.451 e. The van der Waals surface area contributed by atoms with Crippen LogP contribution in [0.1, 0.15) is 48.7 Å². The maximum atomic E-state index is 14.2. The topological polar surface area (TPSA) is 126 Å². The van der Waals surface area contributed by atoms with E-state index in [1.165, 1.54) is 16.9 Å². The zero-order valence-electron chi connectivity index (χ0n) is 18.9. The highest BCUT2D eigenvalue weighted by atomic mass is 19.4. The highest BCUT2D eigenvalue weighted by molar-refractivity contribution is 5.68. The molecule has 14 heteroatoms. The number of alkyl halides is 3. The van der Waals surface area contributed by atoms with Crippen LogP contribution in [0.15, 0.2) is 48.0 Å². The Morgan fingerprint density at radius 2 is 1.78 bits per heavy atom. The lowest BCUT2D eigenvalue weighted by Crippen LogP contribution is -2.15. The highest BCUT2D eigenvalue weighted by Crippen LogP contribution is 2.36. The van der Waals surface area contributed by atoms with E-state index in [-0.39, 0.29) is 11.3 Å². The van der Waals surface area contributed by atoms with Gasteiger partial charge in [-0.25, -0.2) is 28.1 Å². The molecule has 4 rings (SSSR count). The first kappa shape index (κ1) is 24.9. The van der Waals surface area contributed by atoms with Crippen LogP contribution < -0.4 is 11.5 Å². The van der Waals surface area contributed by atoms with Gasteiger partial charge in [-0.05, 0) is 25.1 Å². The normalized spacial score (nSPS) is 13.9. The molecule has 4 aromatic rings. The molecule has 36 heavy (non-hydrogen) atoms. The lowest BCUT2D eigenvalue weighted by Gasteiger charge is -2.14. The molecular formula is C22H20F5N9. The smallest absolute Gasteiger partial charge is 0.388 e. The Bertz CT molecular complexity index is 1400. The molecule has 0 amide bonds. The molecule has 0 radical (unpaired) electrons. The molecule has 2 atom stereocenters. The van der Waals surface area contributed by atoms with E-state index in [2.05, 4.69) is 25.4 Å². The number of benzene rings is 1. The van der Waals surface area contributed by atoms with Crippen LogP contribution in [0.25, 0.3) is 16.8 Å². The molecule has 0 fully saturated rings. The van der Waals surface area contributed by atoms with Gasteiger partial charge >= 0.3 is 6.18 Å². The number of rotatable bonds is 6. The molecule has 2 unspecified atom stereocenters. The Morgan fingerprint density at radius 3 is 2.36 bits per heavy atom. The zero-order valence-corrected chi connectivity index (χ0v) is 18.9. The summed E-state index contributed by atoms with van der Waals surface area (Å²) < 4.78 is 68.9. The summed E-state index contributed by atoms with van der Waals surface area (Å²) in [5.41, 5.74) is 13.8. The van der Waals surface area contributed by atoms with Crippen molar-refractivity contribution in [2.75, 3.05) is 0 Å². The molecule has 3 aromatic heterocycles. The minimum Gasteiger partial charge on any atom is -0.388 e. The molecular weight excluding hydrogens is 485 g/mol. The summed E-state index contributed by atoms with van der Waals surface area (Å²) in [6.07, 6.45) is -0.0737. The summed E-state index contributed by atoms with van der Waals surface area (Å²) in [4.78, 5) is 6.86. The van der Waals surface area contributed by atoms with Crippen LogP contribution in [-0.4, -0.2) is 36.0 Å². The van der Waals surface area contributed by atoms with Crippen LogP contribution in [0.4, 0.5) is 22.0 Å². The minimum atomic E-state index is -4.69. The first-order valence-electron chi connectivity index (χ1n) is 10.5. The highest BCUT2D eigenvalue weighted by Gasteiger charge is 2.34. The van der Waals surface area contributed by atoms with Crippen molar-refractivity contribution in [1.29, 1.82) is 0 Å². The molecule has 0 saturated heterocycles. The molecule has 0 spiro atoms. The van der Waals surface area contributed by atoms with Crippen molar-refractivity contribution in [3.63, 3.8) is 0 Å². The molecule has 188 valence electrons. The van der Waals surface area contributed by atoms with Crippen molar-refractivity contribution in [2.24, 2.45) is 16.6 Å². The van der Waals surface area contributed by atoms with Gasteiger partial charge < -0.3 is 11.5 Å². The summed E-state index contributed by atoms with van der Waals surface area (Å²) in [5, 5.41) is 12.2. The molecule has 0 saturated carbocycles. The van der Waals surface area contributed by atoms with Gasteiger partial charge in [-0.1, -0.05) is 12.1 Å². The van der Waals surface area contributed by atoms with Gasteiger partial charge in [-0.15, -0.1) is 5.10 Å². The van der Waals surface area contributed by atoms with E-state index >= 15 is 0 Å². The van der Waals surface area contributed by atoms with Crippen molar-refractivity contribution < 1.29 is 22.0 Å². The van der Waals surface area contributed by atoms with E-state index in [1.807, 2.05) is 0 Å². The van der Waals surface area contributed by atoms with E-state index in [0.717, 1.165) is 35.5 Å². The Hall–Kier alpha value is -4.20. The van der Waals surface area contributed by atoms with Crippen LogP contribution in [0, 0.1) is 11.6 Å². The summed E-state index contributed by atoms with van der Waals surface area (Å²) >= 11 is 0. The molecule has 0 bridgehead atoms. The lowest BCUT2D eigenvalue weighted by atomic mass is 10.0.